The van der Waals surface area contributed by atoms with Crippen LogP contribution in [0.3, 0.4) is 0 Å². The lowest BCUT2D eigenvalue weighted by Gasteiger charge is -2.17. The Morgan fingerprint density at radius 2 is 1.91 bits per heavy atom. The second kappa shape index (κ2) is 11.2. The monoisotopic (exact) mass is 493 g/mol. The van der Waals surface area contributed by atoms with Gasteiger partial charge >= 0.3 is 0 Å². The summed E-state index contributed by atoms with van der Waals surface area (Å²) in [5.74, 6) is -0.267. The van der Waals surface area contributed by atoms with Gasteiger partial charge in [-0.15, -0.1) is 0 Å². The zero-order chi connectivity index (χ0) is 23.3. The number of amides is 1. The smallest absolute Gasteiger partial charge is 0.262 e. The van der Waals surface area contributed by atoms with Crippen molar-refractivity contribution in [2.45, 2.75) is 50.2 Å². The third-order valence-electron chi connectivity index (χ3n) is 4.66. The number of hydrogen-bond donors (Lipinski definition) is 1. The number of para-hydroxylation sites is 1. The summed E-state index contributed by atoms with van der Waals surface area (Å²) in [5.41, 5.74) is 0.902. The minimum atomic E-state index is -0.531. The van der Waals surface area contributed by atoms with E-state index in [1.54, 1.807) is 41.8 Å². The lowest BCUT2D eigenvalue weighted by Crippen LogP contribution is -2.27. The van der Waals surface area contributed by atoms with Gasteiger partial charge in [0.25, 0.3) is 5.56 Å². The summed E-state index contributed by atoms with van der Waals surface area (Å²) in [4.78, 5) is 30.6. The van der Waals surface area contributed by atoms with Crippen LogP contribution in [0.15, 0.2) is 52.4 Å². The van der Waals surface area contributed by atoms with Gasteiger partial charge in [-0.1, -0.05) is 53.2 Å². The summed E-state index contributed by atoms with van der Waals surface area (Å²) in [6, 6.07) is 12.3. The van der Waals surface area contributed by atoms with Crippen LogP contribution < -0.4 is 10.9 Å². The van der Waals surface area contributed by atoms with Crippen LogP contribution >= 0.6 is 35.0 Å². The number of hydrogen-bond acceptors (Lipinski definition) is 5. The van der Waals surface area contributed by atoms with E-state index in [1.807, 2.05) is 26.0 Å². The molecule has 2 aromatic carbocycles. The zero-order valence-corrected chi connectivity index (χ0v) is 20.4. The number of aromatic nitrogens is 2. The number of fused-ring (bicyclic) bond motifs is 1. The molecule has 1 N–H and O–H groups in total. The Hall–Kier alpha value is -2.06. The third-order valence-corrected chi connectivity index (χ3v) is 6.57. The van der Waals surface area contributed by atoms with Crippen LogP contribution in [0.4, 0.5) is 5.69 Å². The minimum Gasteiger partial charge on any atom is -0.379 e. The molecule has 6 nitrogen and oxygen atoms in total. The van der Waals surface area contributed by atoms with E-state index in [4.69, 9.17) is 27.9 Å². The van der Waals surface area contributed by atoms with Crippen LogP contribution in [0.25, 0.3) is 10.9 Å². The van der Waals surface area contributed by atoms with Crippen molar-refractivity contribution in [3.8, 4) is 0 Å². The molecule has 170 valence electrons. The van der Waals surface area contributed by atoms with Crippen molar-refractivity contribution in [1.82, 2.24) is 9.55 Å². The maximum atomic E-state index is 13.1. The molecular weight excluding hydrogens is 469 g/mol. The molecule has 32 heavy (non-hydrogen) atoms. The highest BCUT2D eigenvalue weighted by atomic mass is 35.5. The highest BCUT2D eigenvalue weighted by Gasteiger charge is 2.20. The standard InChI is InChI=1S/C23H25Cl2N3O3S/c1-14(2)31-13-7-12-28-22(30)16-8-4-5-10-18(16)27-23(28)32-15(3)21(29)26-19-11-6-9-17(24)20(19)25/h4-6,8-11,14-15H,7,12-13H2,1-3H3,(H,26,29). The maximum Gasteiger partial charge on any atom is 0.262 e. The number of anilines is 1. The largest absolute Gasteiger partial charge is 0.379 e. The van der Waals surface area contributed by atoms with Gasteiger partial charge in [0.15, 0.2) is 5.16 Å². The predicted octanol–water partition coefficient (Wildman–Crippen LogP) is 5.64. The lowest BCUT2D eigenvalue weighted by atomic mass is 10.2. The van der Waals surface area contributed by atoms with E-state index >= 15 is 0 Å². The Morgan fingerprint density at radius 1 is 1.16 bits per heavy atom. The van der Waals surface area contributed by atoms with Gasteiger partial charge in [-0.3, -0.25) is 14.2 Å². The van der Waals surface area contributed by atoms with E-state index in [1.165, 1.54) is 11.8 Å². The van der Waals surface area contributed by atoms with Crippen molar-refractivity contribution in [2.24, 2.45) is 0 Å². The first-order valence-electron chi connectivity index (χ1n) is 10.3. The molecule has 9 heteroatoms. The van der Waals surface area contributed by atoms with E-state index in [2.05, 4.69) is 10.3 Å². The lowest BCUT2D eigenvalue weighted by molar-refractivity contribution is -0.115. The molecule has 0 spiro atoms. The molecule has 0 radical (unpaired) electrons. The number of ether oxygens (including phenoxy) is 1. The first-order valence-corrected chi connectivity index (χ1v) is 11.9. The van der Waals surface area contributed by atoms with Gasteiger partial charge in [-0.2, -0.15) is 0 Å². The van der Waals surface area contributed by atoms with Gasteiger partial charge in [-0.25, -0.2) is 4.98 Å². The molecule has 3 aromatic rings. The number of nitrogens with zero attached hydrogens (tertiary/aromatic N) is 2. The van der Waals surface area contributed by atoms with E-state index in [0.717, 1.165) is 0 Å². The normalized spacial score (nSPS) is 12.3. The molecule has 0 aliphatic heterocycles. The van der Waals surface area contributed by atoms with Crippen LogP contribution in [-0.4, -0.2) is 33.4 Å². The molecule has 0 aliphatic carbocycles. The van der Waals surface area contributed by atoms with E-state index in [-0.39, 0.29) is 22.6 Å². The topological polar surface area (TPSA) is 73.2 Å². The van der Waals surface area contributed by atoms with Crippen molar-refractivity contribution in [2.75, 3.05) is 11.9 Å². The Bertz CT molecular complexity index is 1170. The molecule has 3 rings (SSSR count). The van der Waals surface area contributed by atoms with E-state index < -0.39 is 5.25 Å². The molecule has 0 fully saturated rings. The molecule has 1 atom stereocenters. The van der Waals surface area contributed by atoms with Gasteiger partial charge in [0.2, 0.25) is 5.91 Å². The Balaban J connectivity index is 1.83. The quantitative estimate of drug-likeness (QED) is 0.237. The predicted molar refractivity (Wildman–Crippen MR) is 132 cm³/mol. The van der Waals surface area contributed by atoms with Crippen molar-refractivity contribution >= 4 is 57.5 Å². The number of thioether (sulfide) groups is 1. The van der Waals surface area contributed by atoms with Gasteiger partial charge < -0.3 is 10.1 Å². The third kappa shape index (κ3) is 6.04. The fraction of sp³-hybridized carbons (Fsp3) is 0.348. The first kappa shape index (κ1) is 24.6. The number of nitrogens with one attached hydrogen (secondary N) is 1. The second-order valence-corrected chi connectivity index (χ2v) is 9.59. The number of carbonyl (C=O) groups excluding carboxylic acids is 1. The van der Waals surface area contributed by atoms with E-state index in [0.29, 0.717) is 46.3 Å². The number of benzene rings is 2. The van der Waals surface area contributed by atoms with E-state index in [9.17, 15) is 9.59 Å². The summed E-state index contributed by atoms with van der Waals surface area (Å²) in [6.45, 7) is 6.67. The number of halogens is 2. The van der Waals surface area contributed by atoms with Crippen molar-refractivity contribution in [1.29, 1.82) is 0 Å². The fourth-order valence-electron chi connectivity index (χ4n) is 3.02. The minimum absolute atomic E-state index is 0.123. The Labute approximate surface area is 201 Å². The van der Waals surface area contributed by atoms with Crippen LogP contribution in [0.2, 0.25) is 10.0 Å². The molecular formula is C23H25Cl2N3O3S. The summed E-state index contributed by atoms with van der Waals surface area (Å²) in [7, 11) is 0. The van der Waals surface area contributed by atoms with Crippen LogP contribution in [0.5, 0.6) is 0 Å². The number of carbonyl (C=O) groups is 1. The Morgan fingerprint density at radius 3 is 2.66 bits per heavy atom. The van der Waals surface area contributed by atoms with Gasteiger partial charge in [-0.05, 0) is 51.5 Å². The summed E-state index contributed by atoms with van der Waals surface area (Å²) in [5, 5.41) is 3.94. The van der Waals surface area contributed by atoms with Gasteiger partial charge in [0, 0.05) is 13.2 Å². The summed E-state index contributed by atoms with van der Waals surface area (Å²) in [6.07, 6.45) is 0.780. The average molecular weight is 494 g/mol. The maximum absolute atomic E-state index is 13.1. The summed E-state index contributed by atoms with van der Waals surface area (Å²) < 4.78 is 7.23. The zero-order valence-electron chi connectivity index (χ0n) is 18.1. The van der Waals surface area contributed by atoms with Gasteiger partial charge in [0.1, 0.15) is 0 Å². The molecule has 1 heterocycles. The highest BCUT2D eigenvalue weighted by Crippen LogP contribution is 2.31. The highest BCUT2D eigenvalue weighted by molar-refractivity contribution is 8.00. The Kier molecular flexibility index (Phi) is 8.59. The van der Waals surface area contributed by atoms with Crippen LogP contribution in [-0.2, 0) is 16.1 Å². The SMILES string of the molecule is CC(C)OCCCn1c(SC(C)C(=O)Nc2cccc(Cl)c2Cl)nc2ccccc2c1=O. The fourth-order valence-corrected chi connectivity index (χ4v) is 4.31. The molecule has 0 bridgehead atoms. The van der Waals surface area contributed by atoms with Crippen molar-refractivity contribution in [3.05, 3.63) is 62.9 Å². The number of rotatable bonds is 9. The summed E-state index contributed by atoms with van der Waals surface area (Å²) >= 11 is 13.4. The molecule has 1 amide bonds. The van der Waals surface area contributed by atoms with Crippen molar-refractivity contribution in [3.63, 3.8) is 0 Å². The molecule has 0 saturated carbocycles. The average Bonchev–Trinajstić information content (AvgIpc) is 2.76. The van der Waals surface area contributed by atoms with Crippen LogP contribution in [0.1, 0.15) is 27.2 Å². The molecule has 0 saturated heterocycles. The van der Waals surface area contributed by atoms with Crippen LogP contribution in [0, 0.1) is 0 Å². The molecule has 0 aliphatic rings. The van der Waals surface area contributed by atoms with Crippen molar-refractivity contribution < 1.29 is 9.53 Å². The second-order valence-electron chi connectivity index (χ2n) is 7.49. The molecule has 1 aromatic heterocycles. The van der Waals surface area contributed by atoms with Gasteiger partial charge in [0.05, 0.1) is 38.0 Å². The molecule has 1 unspecified atom stereocenters. The first-order chi connectivity index (χ1) is 15.3.